The number of hydrogen-bond donors (Lipinski definition) is 4. The second kappa shape index (κ2) is 6.19. The van der Waals surface area contributed by atoms with E-state index in [1.165, 1.54) is 18.2 Å². The fraction of sp³-hybridized carbons (Fsp3) is 0.125. The third-order valence-electron chi connectivity index (χ3n) is 3.82. The predicted octanol–water partition coefficient (Wildman–Crippen LogP) is 0.742. The molecule has 3 aromatic rings. The lowest BCUT2D eigenvalue weighted by molar-refractivity contribution is 0.0950. The molecule has 0 bridgehead atoms. The van der Waals surface area contributed by atoms with Crippen LogP contribution in [-0.4, -0.2) is 24.3 Å². The van der Waals surface area contributed by atoms with Crippen molar-refractivity contribution in [2.24, 2.45) is 5.14 Å². The van der Waals surface area contributed by atoms with Gasteiger partial charge in [-0.15, -0.1) is 0 Å². The van der Waals surface area contributed by atoms with E-state index < -0.39 is 15.9 Å². The highest BCUT2D eigenvalue weighted by molar-refractivity contribution is 7.89. The molecule has 3 rings (SSSR count). The highest BCUT2D eigenvalue weighted by atomic mass is 32.2. The second-order valence-corrected chi connectivity index (χ2v) is 7.22. The molecule has 0 aliphatic rings. The number of amides is 1. The molecule has 8 nitrogen and oxygen atoms in total. The topological polar surface area (TPSA) is 138 Å². The van der Waals surface area contributed by atoms with Gasteiger partial charge in [-0.3, -0.25) is 4.79 Å². The van der Waals surface area contributed by atoms with E-state index in [2.05, 4.69) is 15.3 Å². The molecule has 0 aliphatic heterocycles. The second-order valence-electron chi connectivity index (χ2n) is 5.66. The molecular formula is C16H16N4O4S. The number of rotatable bonds is 4. The van der Waals surface area contributed by atoms with Gasteiger partial charge in [-0.05, 0) is 42.3 Å². The Bertz CT molecular complexity index is 1130. The molecule has 9 heteroatoms. The number of carbonyl (C=O) groups excluding carboxylic acids is 1. The number of hydrogen-bond acceptors (Lipinski definition) is 4. The highest BCUT2D eigenvalue weighted by Crippen LogP contribution is 2.15. The standard InChI is InChI=1S/C16H16N4O4S/c1-9-2-4-11(25(17,23)24)7-12(9)15(21)18-8-10-3-5-13-14(6-10)20-16(22)19-13/h2-7H,8H2,1H3,(H,18,21)(H2,17,23,24)(H2,19,20,22). The van der Waals surface area contributed by atoms with E-state index >= 15 is 0 Å². The molecule has 0 saturated heterocycles. The van der Waals surface area contributed by atoms with Crippen LogP contribution in [0.2, 0.25) is 0 Å². The third-order valence-corrected chi connectivity index (χ3v) is 4.73. The van der Waals surface area contributed by atoms with Crippen molar-refractivity contribution in [1.82, 2.24) is 15.3 Å². The molecule has 0 unspecified atom stereocenters. The molecular weight excluding hydrogens is 344 g/mol. The van der Waals surface area contributed by atoms with Gasteiger partial charge >= 0.3 is 5.69 Å². The maximum absolute atomic E-state index is 12.4. The van der Waals surface area contributed by atoms with Gasteiger partial charge in [-0.2, -0.15) is 0 Å². The number of H-pyrrole nitrogens is 2. The summed E-state index contributed by atoms with van der Waals surface area (Å²) in [6.45, 7) is 1.93. The lowest BCUT2D eigenvalue weighted by Crippen LogP contribution is -2.24. The van der Waals surface area contributed by atoms with Crippen molar-refractivity contribution in [3.05, 3.63) is 63.6 Å². The number of aromatic nitrogens is 2. The van der Waals surface area contributed by atoms with E-state index in [-0.39, 0.29) is 22.7 Å². The summed E-state index contributed by atoms with van der Waals surface area (Å²) >= 11 is 0. The van der Waals surface area contributed by atoms with Crippen LogP contribution in [0.1, 0.15) is 21.5 Å². The van der Waals surface area contributed by atoms with Gasteiger partial charge in [-0.1, -0.05) is 12.1 Å². The van der Waals surface area contributed by atoms with Gasteiger partial charge in [-0.25, -0.2) is 18.4 Å². The lowest BCUT2D eigenvalue weighted by Gasteiger charge is -2.09. The summed E-state index contributed by atoms with van der Waals surface area (Å²) in [6.07, 6.45) is 0. The summed E-state index contributed by atoms with van der Waals surface area (Å²) < 4.78 is 22.9. The van der Waals surface area contributed by atoms with Gasteiger partial charge in [0, 0.05) is 12.1 Å². The first kappa shape index (κ1) is 16.9. The van der Waals surface area contributed by atoms with E-state index in [9.17, 15) is 18.0 Å². The Labute approximate surface area is 143 Å². The minimum absolute atomic E-state index is 0.116. The van der Waals surface area contributed by atoms with Crippen LogP contribution in [-0.2, 0) is 16.6 Å². The van der Waals surface area contributed by atoms with Gasteiger partial charge in [0.25, 0.3) is 5.91 Å². The molecule has 0 aliphatic carbocycles. The predicted molar refractivity (Wildman–Crippen MR) is 92.6 cm³/mol. The minimum atomic E-state index is -3.88. The first-order valence-electron chi connectivity index (χ1n) is 7.36. The van der Waals surface area contributed by atoms with Crippen LogP contribution in [0.5, 0.6) is 0 Å². The Kier molecular flexibility index (Phi) is 4.19. The first-order chi connectivity index (χ1) is 11.7. The zero-order valence-electron chi connectivity index (χ0n) is 13.3. The molecule has 0 saturated carbocycles. The molecule has 2 aromatic carbocycles. The van der Waals surface area contributed by atoms with Gasteiger partial charge in [0.2, 0.25) is 10.0 Å². The van der Waals surface area contributed by atoms with Gasteiger partial charge in [0.1, 0.15) is 0 Å². The van der Waals surface area contributed by atoms with Gasteiger partial charge in [0.15, 0.2) is 0 Å². The smallest absolute Gasteiger partial charge is 0.323 e. The minimum Gasteiger partial charge on any atom is -0.348 e. The van der Waals surface area contributed by atoms with E-state index in [0.29, 0.717) is 16.6 Å². The molecule has 0 spiro atoms. The molecule has 0 atom stereocenters. The molecule has 130 valence electrons. The number of imidazole rings is 1. The van der Waals surface area contributed by atoms with Crippen molar-refractivity contribution >= 4 is 27.0 Å². The van der Waals surface area contributed by atoms with Crippen molar-refractivity contribution in [3.63, 3.8) is 0 Å². The van der Waals surface area contributed by atoms with Crippen LogP contribution >= 0.6 is 0 Å². The summed E-state index contributed by atoms with van der Waals surface area (Å²) in [5, 5.41) is 7.83. The van der Waals surface area contributed by atoms with Crippen molar-refractivity contribution < 1.29 is 13.2 Å². The summed E-state index contributed by atoms with van der Waals surface area (Å²) in [5.41, 5.74) is 2.68. The summed E-state index contributed by atoms with van der Waals surface area (Å²) in [4.78, 5) is 28.8. The van der Waals surface area contributed by atoms with E-state index in [0.717, 1.165) is 5.56 Å². The van der Waals surface area contributed by atoms with Crippen LogP contribution in [0.4, 0.5) is 0 Å². The average Bonchev–Trinajstić information content (AvgIpc) is 2.91. The Morgan fingerprint density at radius 3 is 2.56 bits per heavy atom. The Morgan fingerprint density at radius 1 is 1.12 bits per heavy atom. The van der Waals surface area contributed by atoms with Crippen LogP contribution in [0.15, 0.2) is 46.1 Å². The quantitative estimate of drug-likeness (QED) is 0.545. The largest absolute Gasteiger partial charge is 0.348 e. The molecule has 5 N–H and O–H groups in total. The fourth-order valence-corrected chi connectivity index (χ4v) is 3.03. The summed E-state index contributed by atoms with van der Waals surface area (Å²) in [6, 6.07) is 9.42. The molecule has 1 aromatic heterocycles. The summed E-state index contributed by atoms with van der Waals surface area (Å²) in [5.74, 6) is -0.411. The number of sulfonamides is 1. The Balaban J connectivity index is 1.80. The zero-order valence-corrected chi connectivity index (χ0v) is 14.1. The number of carbonyl (C=O) groups is 1. The van der Waals surface area contributed by atoms with E-state index in [1.54, 1.807) is 25.1 Å². The number of aryl methyl sites for hydroxylation is 1. The van der Waals surface area contributed by atoms with Crippen LogP contribution in [0.25, 0.3) is 11.0 Å². The van der Waals surface area contributed by atoms with Crippen molar-refractivity contribution in [2.45, 2.75) is 18.4 Å². The monoisotopic (exact) mass is 360 g/mol. The first-order valence-corrected chi connectivity index (χ1v) is 8.91. The number of nitrogens with one attached hydrogen (secondary N) is 3. The van der Waals surface area contributed by atoms with Gasteiger partial charge in [0.05, 0.1) is 15.9 Å². The normalized spacial score (nSPS) is 11.6. The van der Waals surface area contributed by atoms with E-state index in [4.69, 9.17) is 5.14 Å². The highest BCUT2D eigenvalue weighted by Gasteiger charge is 2.14. The molecule has 1 heterocycles. The number of benzene rings is 2. The zero-order chi connectivity index (χ0) is 18.2. The van der Waals surface area contributed by atoms with Crippen LogP contribution < -0.4 is 16.1 Å². The fourth-order valence-electron chi connectivity index (χ4n) is 2.49. The Morgan fingerprint density at radius 2 is 1.84 bits per heavy atom. The molecule has 0 radical (unpaired) electrons. The number of nitrogens with two attached hydrogens (primary N) is 1. The molecule has 25 heavy (non-hydrogen) atoms. The third kappa shape index (κ3) is 3.62. The molecule has 0 fully saturated rings. The summed E-state index contributed by atoms with van der Waals surface area (Å²) in [7, 11) is -3.88. The van der Waals surface area contributed by atoms with Crippen molar-refractivity contribution in [3.8, 4) is 0 Å². The lowest BCUT2D eigenvalue weighted by atomic mass is 10.1. The average molecular weight is 360 g/mol. The molecule has 1 amide bonds. The van der Waals surface area contributed by atoms with E-state index in [1.807, 2.05) is 0 Å². The number of fused-ring (bicyclic) bond motifs is 1. The maximum atomic E-state index is 12.4. The maximum Gasteiger partial charge on any atom is 0.323 e. The van der Waals surface area contributed by atoms with Crippen LogP contribution in [0.3, 0.4) is 0 Å². The number of primary sulfonamides is 1. The SMILES string of the molecule is Cc1ccc(S(N)(=O)=O)cc1C(=O)NCc1ccc2[nH]c(=O)[nH]c2c1. The Hall–Kier alpha value is -2.91. The number of aromatic amines is 2. The van der Waals surface area contributed by atoms with Crippen molar-refractivity contribution in [2.75, 3.05) is 0 Å². The van der Waals surface area contributed by atoms with Gasteiger partial charge < -0.3 is 15.3 Å². The van der Waals surface area contributed by atoms with Crippen LogP contribution in [0, 0.1) is 6.92 Å². The van der Waals surface area contributed by atoms with Crippen molar-refractivity contribution in [1.29, 1.82) is 0 Å².